The number of unbranched alkanes of at least 4 members (excludes halogenated alkanes) is 10. The first-order chi connectivity index (χ1) is 25.1. The standard InChI is InChI=1S/C43H58N4O4/c1-3-5-7-9-11-15-27-47(28-16-12-10-8-6-4-2)31-37-29-41(34-21-19-33(32-48)20-22-34)51-43(50-37)35-23-25-36(26-24-35)45-42(49)40-30-44-38-17-13-14-18-39(38)46-40/h13-14,17-26,30,37,41,43,48H,3-12,15-16,27-29,31-32H2,1-2H3,(H,45,49)/t37-,41+,43+/m0/s1. The summed E-state index contributed by atoms with van der Waals surface area (Å²) in [6.45, 7) is 7.62. The Labute approximate surface area is 305 Å². The summed E-state index contributed by atoms with van der Waals surface area (Å²) in [6, 6.07) is 23.3. The monoisotopic (exact) mass is 694 g/mol. The zero-order valence-electron chi connectivity index (χ0n) is 30.8. The number of aromatic nitrogens is 2. The summed E-state index contributed by atoms with van der Waals surface area (Å²) in [5.41, 5.74) is 5.23. The maximum atomic E-state index is 13.0. The minimum absolute atomic E-state index is 0.00249. The first-order valence-corrected chi connectivity index (χ1v) is 19.4. The molecular weight excluding hydrogens is 636 g/mol. The molecule has 0 aliphatic carbocycles. The van der Waals surface area contributed by atoms with Gasteiger partial charge in [0.05, 0.1) is 36.0 Å². The number of benzene rings is 3. The molecule has 5 rings (SSSR count). The molecule has 1 aromatic heterocycles. The Hall–Kier alpha value is -3.69. The molecule has 0 radical (unpaired) electrons. The number of aliphatic hydroxyl groups excluding tert-OH is 1. The van der Waals surface area contributed by atoms with Crippen molar-refractivity contribution >= 4 is 22.6 Å². The fourth-order valence-corrected chi connectivity index (χ4v) is 6.83. The molecular formula is C43H58N4O4. The van der Waals surface area contributed by atoms with Crippen LogP contribution in [0.15, 0.2) is 79.0 Å². The van der Waals surface area contributed by atoms with E-state index in [-0.39, 0.29) is 30.4 Å². The Morgan fingerprint density at radius 1 is 0.765 bits per heavy atom. The second-order valence-electron chi connectivity index (χ2n) is 14.0. The molecule has 4 aromatic rings. The lowest BCUT2D eigenvalue weighted by Crippen LogP contribution is -2.40. The molecule has 8 nitrogen and oxygen atoms in total. The Morgan fingerprint density at radius 3 is 2.02 bits per heavy atom. The summed E-state index contributed by atoms with van der Waals surface area (Å²) in [7, 11) is 0. The summed E-state index contributed by atoms with van der Waals surface area (Å²) < 4.78 is 13.4. The Balaban J connectivity index is 1.26. The molecule has 3 aromatic carbocycles. The second-order valence-corrected chi connectivity index (χ2v) is 14.0. The lowest BCUT2D eigenvalue weighted by Gasteiger charge is -2.38. The maximum absolute atomic E-state index is 13.0. The van der Waals surface area contributed by atoms with E-state index in [0.717, 1.165) is 48.3 Å². The van der Waals surface area contributed by atoms with Crippen molar-refractivity contribution in [2.24, 2.45) is 0 Å². The highest BCUT2D eigenvalue weighted by molar-refractivity contribution is 6.03. The largest absolute Gasteiger partial charge is 0.392 e. The van der Waals surface area contributed by atoms with Crippen LogP contribution in [0.4, 0.5) is 5.69 Å². The number of hydrogen-bond acceptors (Lipinski definition) is 7. The normalized spacial score (nSPS) is 17.6. The van der Waals surface area contributed by atoms with Crippen LogP contribution in [0.2, 0.25) is 0 Å². The number of fused-ring (bicyclic) bond motifs is 1. The molecule has 3 atom stereocenters. The van der Waals surface area contributed by atoms with Crippen LogP contribution in [-0.4, -0.2) is 51.6 Å². The molecule has 8 heteroatoms. The van der Waals surface area contributed by atoms with Gasteiger partial charge < -0.3 is 24.8 Å². The fourth-order valence-electron chi connectivity index (χ4n) is 6.83. The fraction of sp³-hybridized carbons (Fsp3) is 0.512. The van der Waals surface area contributed by atoms with Crippen molar-refractivity contribution in [2.75, 3.05) is 25.0 Å². The van der Waals surface area contributed by atoms with Gasteiger partial charge >= 0.3 is 0 Å². The molecule has 51 heavy (non-hydrogen) atoms. The maximum Gasteiger partial charge on any atom is 0.275 e. The van der Waals surface area contributed by atoms with Gasteiger partial charge in [0.2, 0.25) is 0 Å². The number of anilines is 1. The minimum Gasteiger partial charge on any atom is -0.392 e. The number of nitrogens with one attached hydrogen (secondary N) is 1. The number of nitrogens with zero attached hydrogens (tertiary/aromatic N) is 3. The first-order valence-electron chi connectivity index (χ1n) is 19.4. The van der Waals surface area contributed by atoms with Crippen LogP contribution >= 0.6 is 0 Å². The predicted octanol–water partition coefficient (Wildman–Crippen LogP) is 9.94. The molecule has 0 saturated carbocycles. The first kappa shape index (κ1) is 38.5. The number of amides is 1. The average Bonchev–Trinajstić information content (AvgIpc) is 3.17. The molecule has 1 saturated heterocycles. The van der Waals surface area contributed by atoms with Gasteiger partial charge in [0.25, 0.3) is 5.91 Å². The molecule has 1 aliphatic rings. The third-order valence-electron chi connectivity index (χ3n) is 9.85. The number of carbonyl (C=O) groups excluding carboxylic acids is 1. The van der Waals surface area contributed by atoms with Crippen molar-refractivity contribution in [1.29, 1.82) is 0 Å². The summed E-state index contributed by atoms with van der Waals surface area (Å²) >= 11 is 0. The molecule has 0 spiro atoms. The van der Waals surface area contributed by atoms with Gasteiger partial charge in [-0.1, -0.05) is 127 Å². The van der Waals surface area contributed by atoms with Crippen LogP contribution in [-0.2, 0) is 16.1 Å². The summed E-state index contributed by atoms with van der Waals surface area (Å²) in [4.78, 5) is 24.5. The number of para-hydroxylation sites is 2. The van der Waals surface area contributed by atoms with Gasteiger partial charge in [-0.25, -0.2) is 4.98 Å². The molecule has 0 unspecified atom stereocenters. The molecule has 0 bridgehead atoms. The van der Waals surface area contributed by atoms with Crippen molar-refractivity contribution < 1.29 is 19.4 Å². The van der Waals surface area contributed by atoms with Crippen LogP contribution in [0.3, 0.4) is 0 Å². The van der Waals surface area contributed by atoms with E-state index in [1.165, 1.54) is 83.2 Å². The van der Waals surface area contributed by atoms with Gasteiger partial charge in [-0.05, 0) is 61.3 Å². The van der Waals surface area contributed by atoms with Gasteiger partial charge in [-0.15, -0.1) is 0 Å². The SMILES string of the molecule is CCCCCCCCN(CCCCCCCC)C[C@@H]1C[C@H](c2ccc(CO)cc2)O[C@H](c2ccc(NC(=O)c3cnc4ccccc4n3)cc2)O1. The van der Waals surface area contributed by atoms with Crippen molar-refractivity contribution in [3.05, 3.63) is 101 Å². The van der Waals surface area contributed by atoms with Crippen LogP contribution in [0.1, 0.15) is 137 Å². The number of carbonyl (C=O) groups is 1. The lowest BCUT2D eigenvalue weighted by atomic mass is 9.99. The third kappa shape index (κ3) is 12.2. The van der Waals surface area contributed by atoms with E-state index in [4.69, 9.17) is 9.47 Å². The average molecular weight is 695 g/mol. The quantitative estimate of drug-likeness (QED) is 0.0838. The number of ether oxygens (including phenoxy) is 2. The smallest absolute Gasteiger partial charge is 0.275 e. The van der Waals surface area contributed by atoms with E-state index >= 15 is 0 Å². The van der Waals surface area contributed by atoms with E-state index in [0.29, 0.717) is 11.2 Å². The Kier molecular flexibility index (Phi) is 15.9. The van der Waals surface area contributed by atoms with Crippen LogP contribution in [0, 0.1) is 0 Å². The highest BCUT2D eigenvalue weighted by Gasteiger charge is 2.33. The third-order valence-corrected chi connectivity index (χ3v) is 9.85. The summed E-state index contributed by atoms with van der Waals surface area (Å²) in [5.74, 6) is -0.312. The van der Waals surface area contributed by atoms with E-state index in [9.17, 15) is 9.90 Å². The zero-order chi connectivity index (χ0) is 35.7. The lowest BCUT2D eigenvalue weighted by molar-refractivity contribution is -0.253. The van der Waals surface area contributed by atoms with Crippen molar-refractivity contribution in [1.82, 2.24) is 14.9 Å². The van der Waals surface area contributed by atoms with Gasteiger partial charge in [0.15, 0.2) is 6.29 Å². The van der Waals surface area contributed by atoms with Gasteiger partial charge in [0, 0.05) is 24.2 Å². The molecule has 1 fully saturated rings. The zero-order valence-corrected chi connectivity index (χ0v) is 30.8. The molecule has 2 heterocycles. The molecule has 274 valence electrons. The molecule has 1 amide bonds. The van der Waals surface area contributed by atoms with Crippen molar-refractivity contribution in [3.8, 4) is 0 Å². The van der Waals surface area contributed by atoms with Crippen LogP contribution in [0.5, 0.6) is 0 Å². The van der Waals surface area contributed by atoms with Crippen LogP contribution in [0.25, 0.3) is 11.0 Å². The molecule has 2 N–H and O–H groups in total. The van der Waals surface area contributed by atoms with Crippen molar-refractivity contribution in [2.45, 2.75) is 122 Å². The summed E-state index contributed by atoms with van der Waals surface area (Å²) in [5, 5.41) is 12.6. The van der Waals surface area contributed by atoms with E-state index in [1.807, 2.05) is 60.7 Å². The van der Waals surface area contributed by atoms with Gasteiger partial charge in [-0.3, -0.25) is 9.78 Å². The van der Waals surface area contributed by atoms with E-state index in [2.05, 4.69) is 46.2 Å². The van der Waals surface area contributed by atoms with E-state index < -0.39 is 6.29 Å². The topological polar surface area (TPSA) is 96.8 Å². The van der Waals surface area contributed by atoms with Gasteiger partial charge in [-0.2, -0.15) is 0 Å². The second kappa shape index (κ2) is 21.0. The van der Waals surface area contributed by atoms with Gasteiger partial charge in [0.1, 0.15) is 5.69 Å². The Morgan fingerprint density at radius 2 is 1.37 bits per heavy atom. The number of hydrogen-bond donors (Lipinski definition) is 2. The number of aliphatic hydroxyl groups is 1. The minimum atomic E-state index is -0.549. The summed E-state index contributed by atoms with van der Waals surface area (Å²) in [6.07, 6.45) is 17.0. The van der Waals surface area contributed by atoms with E-state index in [1.54, 1.807) is 0 Å². The predicted molar refractivity (Wildman–Crippen MR) is 206 cm³/mol. The highest BCUT2D eigenvalue weighted by Crippen LogP contribution is 2.38. The highest BCUT2D eigenvalue weighted by atomic mass is 16.7. The number of rotatable bonds is 21. The van der Waals surface area contributed by atoms with Crippen LogP contribution < -0.4 is 5.32 Å². The van der Waals surface area contributed by atoms with Crippen molar-refractivity contribution in [3.63, 3.8) is 0 Å². The Bertz CT molecular complexity index is 1580. The molecule has 1 aliphatic heterocycles.